The molecule has 0 amide bonds. The second kappa shape index (κ2) is 5.56. The third-order valence-corrected chi connectivity index (χ3v) is 5.32. The van der Waals surface area contributed by atoms with Gasteiger partial charge < -0.3 is 5.73 Å². The predicted molar refractivity (Wildman–Crippen MR) is 71.4 cm³/mol. The number of hydrogen-bond donors (Lipinski definition) is 1. The molecule has 106 valence electrons. The van der Waals surface area contributed by atoms with Crippen LogP contribution in [0.1, 0.15) is 25.3 Å². The van der Waals surface area contributed by atoms with E-state index in [0.29, 0.717) is 24.6 Å². The maximum absolute atomic E-state index is 13.8. The van der Waals surface area contributed by atoms with Crippen LogP contribution in [-0.2, 0) is 16.6 Å². The number of benzene rings is 1. The average Bonchev–Trinajstić information content (AvgIpc) is 3.20. The largest absolute Gasteiger partial charge is 0.326 e. The zero-order valence-electron chi connectivity index (χ0n) is 11.0. The maximum Gasteiger partial charge on any atom is 0.245 e. The van der Waals surface area contributed by atoms with E-state index in [-0.39, 0.29) is 11.4 Å². The van der Waals surface area contributed by atoms with Crippen LogP contribution in [0, 0.1) is 11.7 Å². The third kappa shape index (κ3) is 3.13. The van der Waals surface area contributed by atoms with Gasteiger partial charge in [-0.2, -0.15) is 4.31 Å². The predicted octanol–water partition coefficient (Wildman–Crippen LogP) is 1.71. The lowest BCUT2D eigenvalue weighted by Gasteiger charge is -2.21. The first-order chi connectivity index (χ1) is 8.98. The molecule has 1 saturated carbocycles. The zero-order valence-corrected chi connectivity index (χ0v) is 11.8. The molecule has 0 spiro atoms. The summed E-state index contributed by atoms with van der Waals surface area (Å²) in [7, 11) is -3.77. The second-order valence-corrected chi connectivity index (χ2v) is 6.77. The quantitative estimate of drug-likeness (QED) is 0.866. The van der Waals surface area contributed by atoms with E-state index in [2.05, 4.69) is 0 Å². The van der Waals surface area contributed by atoms with Crippen molar-refractivity contribution in [3.05, 3.63) is 29.6 Å². The van der Waals surface area contributed by atoms with E-state index < -0.39 is 15.8 Å². The molecule has 4 nitrogen and oxygen atoms in total. The molecule has 2 rings (SSSR count). The fourth-order valence-electron chi connectivity index (χ4n) is 2.00. The number of nitrogens with two attached hydrogens (primary N) is 1. The van der Waals surface area contributed by atoms with Crippen molar-refractivity contribution in [2.75, 3.05) is 13.1 Å². The van der Waals surface area contributed by atoms with Gasteiger partial charge in [-0.15, -0.1) is 0 Å². The molecule has 1 aliphatic carbocycles. The molecule has 1 aromatic rings. The minimum atomic E-state index is -3.77. The average molecular weight is 286 g/mol. The van der Waals surface area contributed by atoms with Gasteiger partial charge in [0, 0.05) is 19.6 Å². The van der Waals surface area contributed by atoms with Gasteiger partial charge in [-0.1, -0.05) is 13.0 Å². The SMILES string of the molecule is CCN(CC1CC1)S(=O)(=O)c1cc(CN)ccc1F. The molecular weight excluding hydrogens is 267 g/mol. The number of rotatable bonds is 6. The Kier molecular flexibility index (Phi) is 4.23. The van der Waals surface area contributed by atoms with Crippen molar-refractivity contribution in [2.45, 2.75) is 31.2 Å². The Balaban J connectivity index is 2.35. The Hall–Kier alpha value is -0.980. The summed E-state index contributed by atoms with van der Waals surface area (Å²) >= 11 is 0. The van der Waals surface area contributed by atoms with Crippen molar-refractivity contribution in [1.82, 2.24) is 4.31 Å². The van der Waals surface area contributed by atoms with Crippen LogP contribution in [0.25, 0.3) is 0 Å². The zero-order chi connectivity index (χ0) is 14.0. The van der Waals surface area contributed by atoms with E-state index in [1.54, 1.807) is 6.92 Å². The first-order valence-electron chi connectivity index (χ1n) is 6.47. The van der Waals surface area contributed by atoms with E-state index >= 15 is 0 Å². The van der Waals surface area contributed by atoms with Crippen LogP contribution in [0.3, 0.4) is 0 Å². The smallest absolute Gasteiger partial charge is 0.245 e. The summed E-state index contributed by atoms with van der Waals surface area (Å²) in [6, 6.07) is 4.01. The highest BCUT2D eigenvalue weighted by atomic mass is 32.2. The first-order valence-corrected chi connectivity index (χ1v) is 7.91. The number of nitrogens with zero attached hydrogens (tertiary/aromatic N) is 1. The molecule has 0 saturated heterocycles. The molecule has 0 aromatic heterocycles. The van der Waals surface area contributed by atoms with Crippen molar-refractivity contribution in [2.24, 2.45) is 11.7 Å². The summed E-state index contributed by atoms with van der Waals surface area (Å²) in [6.07, 6.45) is 2.11. The van der Waals surface area contributed by atoms with Gasteiger partial charge in [-0.25, -0.2) is 12.8 Å². The van der Waals surface area contributed by atoms with Gasteiger partial charge in [0.15, 0.2) is 0 Å². The van der Waals surface area contributed by atoms with Crippen LogP contribution < -0.4 is 5.73 Å². The van der Waals surface area contributed by atoms with E-state index in [0.717, 1.165) is 12.8 Å². The summed E-state index contributed by atoms with van der Waals surface area (Å²) in [5.41, 5.74) is 6.09. The maximum atomic E-state index is 13.8. The minimum absolute atomic E-state index is 0.192. The number of hydrogen-bond acceptors (Lipinski definition) is 3. The summed E-state index contributed by atoms with van der Waals surface area (Å²) in [4.78, 5) is -0.266. The first kappa shape index (κ1) is 14.4. The lowest BCUT2D eigenvalue weighted by atomic mass is 10.2. The molecular formula is C13H19FN2O2S. The highest BCUT2D eigenvalue weighted by Crippen LogP contribution is 2.32. The molecule has 1 aromatic carbocycles. The van der Waals surface area contributed by atoms with Gasteiger partial charge in [0.05, 0.1) is 0 Å². The monoisotopic (exact) mass is 286 g/mol. The van der Waals surface area contributed by atoms with Crippen LogP contribution in [0.15, 0.2) is 23.1 Å². The summed E-state index contributed by atoms with van der Waals surface area (Å²) < 4.78 is 40.1. The Morgan fingerprint density at radius 2 is 2.11 bits per heavy atom. The summed E-state index contributed by atoms with van der Waals surface area (Å²) in [5, 5.41) is 0. The topological polar surface area (TPSA) is 63.4 Å². The van der Waals surface area contributed by atoms with Gasteiger partial charge >= 0.3 is 0 Å². The highest BCUT2D eigenvalue weighted by molar-refractivity contribution is 7.89. The van der Waals surface area contributed by atoms with E-state index in [4.69, 9.17) is 5.73 Å². The summed E-state index contributed by atoms with van der Waals surface area (Å²) in [6.45, 7) is 2.79. The van der Waals surface area contributed by atoms with E-state index in [9.17, 15) is 12.8 Å². The fraction of sp³-hybridized carbons (Fsp3) is 0.538. The van der Waals surface area contributed by atoms with Crippen LogP contribution >= 0.6 is 0 Å². The van der Waals surface area contributed by atoms with E-state index in [1.807, 2.05) is 0 Å². The molecule has 0 bridgehead atoms. The van der Waals surface area contributed by atoms with Crippen molar-refractivity contribution in [1.29, 1.82) is 0 Å². The molecule has 1 aliphatic rings. The van der Waals surface area contributed by atoms with Gasteiger partial charge in [-0.05, 0) is 36.5 Å². The molecule has 6 heteroatoms. The third-order valence-electron chi connectivity index (χ3n) is 3.36. The Bertz CT molecular complexity index is 556. The van der Waals surface area contributed by atoms with Gasteiger partial charge in [-0.3, -0.25) is 0 Å². The Morgan fingerprint density at radius 1 is 1.42 bits per heavy atom. The van der Waals surface area contributed by atoms with Gasteiger partial charge in [0.2, 0.25) is 10.0 Å². The normalized spacial score (nSPS) is 16.0. The second-order valence-electron chi connectivity index (χ2n) is 4.87. The molecule has 0 aliphatic heterocycles. The van der Waals surface area contributed by atoms with Crippen LogP contribution in [0.2, 0.25) is 0 Å². The van der Waals surface area contributed by atoms with Crippen molar-refractivity contribution in [3.63, 3.8) is 0 Å². The molecule has 19 heavy (non-hydrogen) atoms. The molecule has 0 unspecified atom stereocenters. The van der Waals surface area contributed by atoms with E-state index in [1.165, 1.54) is 22.5 Å². The number of sulfonamides is 1. The minimum Gasteiger partial charge on any atom is -0.326 e. The van der Waals surface area contributed by atoms with Gasteiger partial charge in [0.25, 0.3) is 0 Å². The lowest BCUT2D eigenvalue weighted by Crippen LogP contribution is -2.33. The van der Waals surface area contributed by atoms with Crippen molar-refractivity contribution < 1.29 is 12.8 Å². The lowest BCUT2D eigenvalue weighted by molar-refractivity contribution is 0.408. The molecule has 0 radical (unpaired) electrons. The highest BCUT2D eigenvalue weighted by Gasteiger charge is 2.32. The molecule has 2 N–H and O–H groups in total. The Morgan fingerprint density at radius 3 is 2.63 bits per heavy atom. The van der Waals surface area contributed by atoms with Crippen LogP contribution in [0.5, 0.6) is 0 Å². The number of halogens is 1. The molecule has 0 atom stereocenters. The van der Waals surface area contributed by atoms with Crippen LogP contribution in [-0.4, -0.2) is 25.8 Å². The standard InChI is InChI=1S/C13H19FN2O2S/c1-2-16(9-10-3-4-10)19(17,18)13-7-11(8-15)5-6-12(13)14/h5-7,10H,2-4,8-9,15H2,1H3. The van der Waals surface area contributed by atoms with Crippen molar-refractivity contribution >= 4 is 10.0 Å². The molecule has 0 heterocycles. The summed E-state index contributed by atoms with van der Waals surface area (Å²) in [5.74, 6) is -0.290. The van der Waals surface area contributed by atoms with Crippen molar-refractivity contribution in [3.8, 4) is 0 Å². The molecule has 1 fully saturated rings. The van der Waals surface area contributed by atoms with Gasteiger partial charge in [0.1, 0.15) is 10.7 Å². The Labute approximate surface area is 113 Å². The fourth-order valence-corrected chi connectivity index (χ4v) is 3.64. The van der Waals surface area contributed by atoms with Crippen LogP contribution in [0.4, 0.5) is 4.39 Å².